The monoisotopic (exact) mass is 635 g/mol. The lowest BCUT2D eigenvalue weighted by Gasteiger charge is -2.19. The molecule has 0 saturated heterocycles. The van der Waals surface area contributed by atoms with Crippen molar-refractivity contribution < 1.29 is 0 Å². The topological polar surface area (TPSA) is 81.2 Å². The van der Waals surface area contributed by atoms with Gasteiger partial charge in [0.2, 0.25) is 0 Å². The van der Waals surface area contributed by atoms with E-state index >= 15 is 0 Å². The third kappa shape index (κ3) is 4.31. The zero-order valence-electron chi connectivity index (χ0n) is 26.7. The van der Waals surface area contributed by atoms with Gasteiger partial charge in [-0.1, -0.05) is 78.9 Å². The van der Waals surface area contributed by atoms with E-state index in [4.69, 9.17) is 0 Å². The van der Waals surface area contributed by atoms with Crippen molar-refractivity contribution in [3.8, 4) is 51.8 Å². The smallest absolute Gasteiger partial charge is 0.0998 e. The van der Waals surface area contributed by atoms with Crippen LogP contribution in [-0.2, 0) is 0 Å². The van der Waals surface area contributed by atoms with Crippen molar-refractivity contribution in [1.82, 2.24) is 9.13 Å². The second kappa shape index (κ2) is 11.4. The van der Waals surface area contributed by atoms with Crippen molar-refractivity contribution in [3.05, 3.63) is 168 Å². The zero-order chi connectivity index (χ0) is 33.8. The van der Waals surface area contributed by atoms with Crippen molar-refractivity contribution in [1.29, 1.82) is 15.8 Å². The number of hydrogen-bond acceptors (Lipinski definition) is 3. The van der Waals surface area contributed by atoms with Crippen LogP contribution in [0.3, 0.4) is 0 Å². The SMILES string of the molecule is N#Cc1ccc(-c2cccc(-n3c4ccccc4c4ccccc43)c2)c(-c2c(C#N)cccc2-n2c3ccccc3c3cc(C#N)ccc32)c1. The van der Waals surface area contributed by atoms with Gasteiger partial charge < -0.3 is 9.13 Å². The Balaban J connectivity index is 1.33. The van der Waals surface area contributed by atoms with Crippen LogP contribution in [0.25, 0.3) is 77.2 Å². The molecule has 0 aliphatic heterocycles. The lowest BCUT2D eigenvalue weighted by molar-refractivity contribution is 1.18. The molecule has 7 aromatic carbocycles. The predicted molar refractivity (Wildman–Crippen MR) is 200 cm³/mol. The van der Waals surface area contributed by atoms with E-state index in [1.165, 1.54) is 10.8 Å². The molecule has 0 bridgehead atoms. The second-order valence-electron chi connectivity index (χ2n) is 12.3. The van der Waals surface area contributed by atoms with Gasteiger partial charge in [-0.2, -0.15) is 15.8 Å². The Hall–Kier alpha value is -7.39. The summed E-state index contributed by atoms with van der Waals surface area (Å²) in [6, 6.07) is 57.7. The van der Waals surface area contributed by atoms with Crippen LogP contribution in [0.5, 0.6) is 0 Å². The van der Waals surface area contributed by atoms with Gasteiger partial charge in [0.25, 0.3) is 0 Å². The standard InChI is InChI=1S/C45H25N5/c46-26-29-19-21-34(31-9-7-11-33(25-31)49-40-15-4-1-12-35(40)36-13-2-5-16-41(36)49)39(24-29)45-32(28-48)10-8-18-44(45)50-42-17-6-3-14-37(42)38-23-30(27-47)20-22-43(38)50/h1-25H. The maximum absolute atomic E-state index is 10.6. The Labute approximate surface area is 287 Å². The molecule has 230 valence electrons. The third-order valence-corrected chi connectivity index (χ3v) is 9.62. The van der Waals surface area contributed by atoms with Gasteiger partial charge in [0.15, 0.2) is 0 Å². The highest BCUT2D eigenvalue weighted by Crippen LogP contribution is 2.42. The fourth-order valence-corrected chi connectivity index (χ4v) is 7.49. The summed E-state index contributed by atoms with van der Waals surface area (Å²) in [5.41, 5.74) is 10.9. The zero-order valence-corrected chi connectivity index (χ0v) is 26.7. The molecule has 0 aliphatic carbocycles. The number of nitriles is 3. The van der Waals surface area contributed by atoms with Crippen LogP contribution < -0.4 is 0 Å². The van der Waals surface area contributed by atoms with Crippen LogP contribution in [0.4, 0.5) is 0 Å². The fraction of sp³-hybridized carbons (Fsp3) is 0. The molecule has 0 aliphatic rings. The molecule has 2 heterocycles. The number of benzene rings is 7. The van der Waals surface area contributed by atoms with Crippen LogP contribution in [0.15, 0.2) is 152 Å². The Kier molecular flexibility index (Phi) is 6.56. The minimum Gasteiger partial charge on any atom is -0.309 e. The van der Waals surface area contributed by atoms with Crippen LogP contribution in [0.1, 0.15) is 16.7 Å². The van der Waals surface area contributed by atoms with Crippen molar-refractivity contribution in [2.75, 3.05) is 0 Å². The summed E-state index contributed by atoms with van der Waals surface area (Å²) >= 11 is 0. The summed E-state index contributed by atoms with van der Waals surface area (Å²) in [4.78, 5) is 0. The number of aromatic nitrogens is 2. The predicted octanol–water partition coefficient (Wildman–Crippen LogP) is 10.8. The molecule has 0 atom stereocenters. The highest BCUT2D eigenvalue weighted by atomic mass is 15.0. The van der Waals surface area contributed by atoms with E-state index in [9.17, 15) is 15.8 Å². The summed E-state index contributed by atoms with van der Waals surface area (Å²) in [6.07, 6.45) is 0. The van der Waals surface area contributed by atoms with Gasteiger partial charge in [0, 0.05) is 32.8 Å². The summed E-state index contributed by atoms with van der Waals surface area (Å²) in [7, 11) is 0. The minimum absolute atomic E-state index is 0.497. The van der Waals surface area contributed by atoms with E-state index in [0.29, 0.717) is 16.7 Å². The van der Waals surface area contributed by atoms with Crippen LogP contribution >= 0.6 is 0 Å². The molecule has 9 aromatic rings. The van der Waals surface area contributed by atoms with E-state index in [2.05, 4.69) is 112 Å². The second-order valence-corrected chi connectivity index (χ2v) is 12.3. The first-order valence-corrected chi connectivity index (χ1v) is 16.3. The summed E-state index contributed by atoms with van der Waals surface area (Å²) in [5, 5.41) is 34.7. The molecule has 50 heavy (non-hydrogen) atoms. The molecular weight excluding hydrogens is 611 g/mol. The maximum Gasteiger partial charge on any atom is 0.0998 e. The first-order valence-electron chi connectivity index (χ1n) is 16.3. The van der Waals surface area contributed by atoms with E-state index in [1.807, 2.05) is 66.7 Å². The van der Waals surface area contributed by atoms with Crippen molar-refractivity contribution in [2.24, 2.45) is 0 Å². The van der Waals surface area contributed by atoms with E-state index in [0.717, 1.165) is 66.5 Å². The fourth-order valence-electron chi connectivity index (χ4n) is 7.49. The van der Waals surface area contributed by atoms with Crippen LogP contribution in [-0.4, -0.2) is 9.13 Å². The minimum atomic E-state index is 0.497. The molecule has 0 radical (unpaired) electrons. The van der Waals surface area contributed by atoms with E-state index in [-0.39, 0.29) is 0 Å². The van der Waals surface area contributed by atoms with E-state index in [1.54, 1.807) is 0 Å². The molecular formula is C45H25N5. The molecule has 0 saturated carbocycles. The van der Waals surface area contributed by atoms with Crippen molar-refractivity contribution >= 4 is 43.6 Å². The molecule has 2 aromatic heterocycles. The Morgan fingerprint density at radius 2 is 0.980 bits per heavy atom. The lowest BCUT2D eigenvalue weighted by atomic mass is 9.89. The van der Waals surface area contributed by atoms with Crippen molar-refractivity contribution in [2.45, 2.75) is 0 Å². The largest absolute Gasteiger partial charge is 0.309 e. The van der Waals surface area contributed by atoms with Crippen molar-refractivity contribution in [3.63, 3.8) is 0 Å². The first-order chi connectivity index (χ1) is 24.7. The Bertz CT molecular complexity index is 2920. The summed E-state index contributed by atoms with van der Waals surface area (Å²) < 4.78 is 4.46. The summed E-state index contributed by atoms with van der Waals surface area (Å²) in [6.45, 7) is 0. The molecule has 9 rings (SSSR count). The van der Waals surface area contributed by atoms with Gasteiger partial charge in [-0.3, -0.25) is 0 Å². The molecule has 5 nitrogen and oxygen atoms in total. The molecule has 5 heteroatoms. The molecule has 0 N–H and O–H groups in total. The Morgan fingerprint density at radius 1 is 0.400 bits per heavy atom. The van der Waals surface area contributed by atoms with Gasteiger partial charge in [0.1, 0.15) is 0 Å². The molecule has 0 unspecified atom stereocenters. The van der Waals surface area contributed by atoms with Gasteiger partial charge in [-0.15, -0.1) is 0 Å². The number of nitrogens with zero attached hydrogens (tertiary/aromatic N) is 5. The average Bonchev–Trinajstić information content (AvgIpc) is 3.70. The van der Waals surface area contributed by atoms with Gasteiger partial charge in [-0.05, 0) is 89.5 Å². The molecule has 0 amide bonds. The van der Waals surface area contributed by atoms with E-state index < -0.39 is 0 Å². The maximum atomic E-state index is 10.6. The summed E-state index contributed by atoms with van der Waals surface area (Å²) in [5.74, 6) is 0. The van der Waals surface area contributed by atoms with Gasteiger partial charge in [-0.25, -0.2) is 0 Å². The van der Waals surface area contributed by atoms with Crippen LogP contribution in [0, 0.1) is 34.0 Å². The third-order valence-electron chi connectivity index (χ3n) is 9.62. The lowest BCUT2D eigenvalue weighted by Crippen LogP contribution is -2.01. The molecule has 0 spiro atoms. The normalized spacial score (nSPS) is 11.1. The quantitative estimate of drug-likeness (QED) is 0.193. The number of rotatable bonds is 4. The molecule has 0 fully saturated rings. The average molecular weight is 636 g/mol. The van der Waals surface area contributed by atoms with Gasteiger partial charge in [0.05, 0.1) is 62.7 Å². The Morgan fingerprint density at radius 3 is 1.66 bits per heavy atom. The van der Waals surface area contributed by atoms with Crippen LogP contribution in [0.2, 0.25) is 0 Å². The number of fused-ring (bicyclic) bond motifs is 6. The van der Waals surface area contributed by atoms with Gasteiger partial charge >= 0.3 is 0 Å². The highest BCUT2D eigenvalue weighted by Gasteiger charge is 2.22. The number of hydrogen-bond donors (Lipinski definition) is 0. The number of para-hydroxylation sites is 3. The highest BCUT2D eigenvalue weighted by molar-refractivity contribution is 6.11. The first kappa shape index (κ1) is 28.8.